The van der Waals surface area contributed by atoms with E-state index in [1.807, 2.05) is 61.5 Å². The van der Waals surface area contributed by atoms with Crippen LogP contribution in [0.25, 0.3) is 6.08 Å². The molecule has 2 rings (SSSR count). The maximum absolute atomic E-state index is 12.1. The van der Waals surface area contributed by atoms with Crippen LogP contribution >= 0.6 is 0 Å². The van der Waals surface area contributed by atoms with Crippen LogP contribution in [-0.4, -0.2) is 12.4 Å². The highest BCUT2D eigenvalue weighted by atomic mass is 16.5. The minimum absolute atomic E-state index is 0.00787. The summed E-state index contributed by atoms with van der Waals surface area (Å²) in [6.45, 7) is 6.93. The lowest BCUT2D eigenvalue weighted by Gasteiger charge is -2.08. The Labute approximate surface area is 132 Å². The van der Waals surface area contributed by atoms with Gasteiger partial charge < -0.3 is 4.74 Å². The minimum Gasteiger partial charge on any atom is -0.493 e. The van der Waals surface area contributed by atoms with E-state index in [0.29, 0.717) is 18.1 Å². The highest BCUT2D eigenvalue weighted by Gasteiger charge is 2.01. The quantitative estimate of drug-likeness (QED) is 0.558. The van der Waals surface area contributed by atoms with Crippen LogP contribution in [0.1, 0.15) is 35.3 Å². The number of hydrogen-bond donors (Lipinski definition) is 0. The highest BCUT2D eigenvalue weighted by molar-refractivity contribution is 6.06. The lowest BCUT2D eigenvalue weighted by atomic mass is 10.1. The molecule has 0 aromatic heterocycles. The molecule has 0 heterocycles. The van der Waals surface area contributed by atoms with Crippen LogP contribution in [0.15, 0.2) is 54.6 Å². The first-order chi connectivity index (χ1) is 10.5. The summed E-state index contributed by atoms with van der Waals surface area (Å²) in [4.78, 5) is 12.1. The summed E-state index contributed by atoms with van der Waals surface area (Å²) in [5.74, 6) is 1.33. The number of ketones is 1. The fourth-order valence-corrected chi connectivity index (χ4v) is 1.96. The third kappa shape index (κ3) is 4.88. The van der Waals surface area contributed by atoms with Crippen LogP contribution in [0.4, 0.5) is 0 Å². The van der Waals surface area contributed by atoms with E-state index in [1.165, 1.54) is 0 Å². The van der Waals surface area contributed by atoms with Gasteiger partial charge in [0.15, 0.2) is 5.78 Å². The number of hydrogen-bond acceptors (Lipinski definition) is 2. The Morgan fingerprint density at radius 1 is 1.14 bits per heavy atom. The van der Waals surface area contributed by atoms with Crippen LogP contribution in [0.5, 0.6) is 5.75 Å². The van der Waals surface area contributed by atoms with E-state index in [4.69, 9.17) is 4.74 Å². The van der Waals surface area contributed by atoms with Gasteiger partial charge in [0.2, 0.25) is 0 Å². The number of aryl methyl sites for hydroxylation is 1. The second kappa shape index (κ2) is 7.60. The van der Waals surface area contributed by atoms with E-state index in [1.54, 1.807) is 6.08 Å². The number of benzene rings is 2. The fourth-order valence-electron chi connectivity index (χ4n) is 1.96. The van der Waals surface area contributed by atoms with Gasteiger partial charge in [0.05, 0.1) is 6.61 Å². The molecular weight excluding hydrogens is 272 g/mol. The van der Waals surface area contributed by atoms with Crippen molar-refractivity contribution >= 4 is 11.9 Å². The first-order valence-corrected chi connectivity index (χ1v) is 7.56. The standard InChI is InChI=1S/C20H22O2/c1-15(2)14-22-19-6-4-5-17(13-19)9-12-20(21)18-10-7-16(3)8-11-18/h4-13,15H,14H2,1-3H3/b12-9+. The van der Waals surface area contributed by atoms with Crippen molar-refractivity contribution in [2.45, 2.75) is 20.8 Å². The fraction of sp³-hybridized carbons (Fsp3) is 0.250. The molecular formula is C20H22O2. The summed E-state index contributed by atoms with van der Waals surface area (Å²) in [5, 5.41) is 0. The molecule has 0 saturated carbocycles. The van der Waals surface area contributed by atoms with Gasteiger partial charge in [-0.25, -0.2) is 0 Å². The van der Waals surface area contributed by atoms with Crippen molar-refractivity contribution in [2.75, 3.05) is 6.61 Å². The van der Waals surface area contributed by atoms with Gasteiger partial charge in [0.25, 0.3) is 0 Å². The Balaban J connectivity index is 2.04. The van der Waals surface area contributed by atoms with E-state index < -0.39 is 0 Å². The van der Waals surface area contributed by atoms with Crippen molar-refractivity contribution in [1.82, 2.24) is 0 Å². The van der Waals surface area contributed by atoms with Crippen LogP contribution in [0.2, 0.25) is 0 Å². The number of carbonyl (C=O) groups excluding carboxylic acids is 1. The number of ether oxygens (including phenoxy) is 1. The lowest BCUT2D eigenvalue weighted by molar-refractivity contribution is 0.104. The molecule has 0 unspecified atom stereocenters. The topological polar surface area (TPSA) is 26.3 Å². The summed E-state index contributed by atoms with van der Waals surface area (Å²) in [6.07, 6.45) is 3.43. The second-order valence-corrected chi connectivity index (χ2v) is 5.84. The highest BCUT2D eigenvalue weighted by Crippen LogP contribution is 2.16. The van der Waals surface area contributed by atoms with Gasteiger partial charge in [-0.05, 0) is 36.6 Å². The molecule has 0 saturated heterocycles. The molecule has 22 heavy (non-hydrogen) atoms. The Hall–Kier alpha value is -2.35. The molecule has 114 valence electrons. The Morgan fingerprint density at radius 2 is 1.86 bits per heavy atom. The van der Waals surface area contributed by atoms with Crippen molar-refractivity contribution in [3.05, 3.63) is 71.3 Å². The molecule has 2 heteroatoms. The van der Waals surface area contributed by atoms with E-state index in [-0.39, 0.29) is 5.78 Å². The molecule has 2 aromatic carbocycles. The number of carbonyl (C=O) groups is 1. The summed E-state index contributed by atoms with van der Waals surface area (Å²) in [7, 11) is 0. The average Bonchev–Trinajstić information content (AvgIpc) is 2.52. The van der Waals surface area contributed by atoms with Gasteiger partial charge in [0, 0.05) is 5.56 Å². The van der Waals surface area contributed by atoms with Crippen LogP contribution < -0.4 is 4.74 Å². The van der Waals surface area contributed by atoms with Crippen LogP contribution in [0.3, 0.4) is 0 Å². The van der Waals surface area contributed by atoms with Crippen molar-refractivity contribution in [1.29, 1.82) is 0 Å². The van der Waals surface area contributed by atoms with Gasteiger partial charge in [-0.3, -0.25) is 4.79 Å². The van der Waals surface area contributed by atoms with E-state index >= 15 is 0 Å². The summed E-state index contributed by atoms with van der Waals surface area (Å²) in [6, 6.07) is 15.4. The molecule has 0 spiro atoms. The average molecular weight is 294 g/mol. The summed E-state index contributed by atoms with van der Waals surface area (Å²) >= 11 is 0. The zero-order chi connectivity index (χ0) is 15.9. The van der Waals surface area contributed by atoms with Gasteiger partial charge in [-0.1, -0.05) is 61.9 Å². The Kier molecular flexibility index (Phi) is 5.54. The maximum Gasteiger partial charge on any atom is 0.185 e. The lowest BCUT2D eigenvalue weighted by Crippen LogP contribution is -2.04. The number of rotatable bonds is 6. The number of allylic oxidation sites excluding steroid dienone is 1. The van der Waals surface area contributed by atoms with Crippen LogP contribution in [0, 0.1) is 12.8 Å². The smallest absolute Gasteiger partial charge is 0.185 e. The molecule has 0 bridgehead atoms. The first-order valence-electron chi connectivity index (χ1n) is 7.56. The normalized spacial score (nSPS) is 11.1. The molecule has 0 aliphatic carbocycles. The van der Waals surface area contributed by atoms with Crippen molar-refractivity contribution in [2.24, 2.45) is 5.92 Å². The predicted octanol–water partition coefficient (Wildman–Crippen LogP) is 4.93. The molecule has 0 aliphatic rings. The first kappa shape index (κ1) is 16.0. The van der Waals surface area contributed by atoms with Crippen molar-refractivity contribution < 1.29 is 9.53 Å². The largest absolute Gasteiger partial charge is 0.493 e. The molecule has 0 amide bonds. The molecule has 0 N–H and O–H groups in total. The second-order valence-electron chi connectivity index (χ2n) is 5.84. The maximum atomic E-state index is 12.1. The van der Waals surface area contributed by atoms with Gasteiger partial charge in [0.1, 0.15) is 5.75 Å². The monoisotopic (exact) mass is 294 g/mol. The predicted molar refractivity (Wildman–Crippen MR) is 91.3 cm³/mol. The Morgan fingerprint density at radius 3 is 2.55 bits per heavy atom. The Bertz CT molecular complexity index is 652. The molecule has 0 atom stereocenters. The van der Waals surface area contributed by atoms with Crippen molar-refractivity contribution in [3.8, 4) is 5.75 Å². The zero-order valence-electron chi connectivity index (χ0n) is 13.4. The summed E-state index contributed by atoms with van der Waals surface area (Å²) < 4.78 is 5.69. The molecule has 0 fully saturated rings. The van der Waals surface area contributed by atoms with Gasteiger partial charge in [-0.15, -0.1) is 0 Å². The van der Waals surface area contributed by atoms with Crippen molar-refractivity contribution in [3.63, 3.8) is 0 Å². The minimum atomic E-state index is 0.00787. The van der Waals surface area contributed by atoms with E-state index in [9.17, 15) is 4.79 Å². The van der Waals surface area contributed by atoms with E-state index in [0.717, 1.165) is 16.9 Å². The molecule has 2 nitrogen and oxygen atoms in total. The van der Waals surface area contributed by atoms with Gasteiger partial charge in [-0.2, -0.15) is 0 Å². The van der Waals surface area contributed by atoms with E-state index in [2.05, 4.69) is 13.8 Å². The molecule has 2 aromatic rings. The SMILES string of the molecule is Cc1ccc(C(=O)/C=C/c2cccc(OCC(C)C)c2)cc1. The van der Waals surface area contributed by atoms with Crippen LogP contribution in [-0.2, 0) is 0 Å². The van der Waals surface area contributed by atoms with Gasteiger partial charge >= 0.3 is 0 Å². The molecule has 0 aliphatic heterocycles. The summed E-state index contributed by atoms with van der Waals surface area (Å²) in [5.41, 5.74) is 2.81. The zero-order valence-corrected chi connectivity index (χ0v) is 13.4. The third-order valence-corrected chi connectivity index (χ3v) is 3.20. The third-order valence-electron chi connectivity index (χ3n) is 3.20. The molecule has 0 radical (unpaired) electrons.